The van der Waals surface area contributed by atoms with Crippen molar-refractivity contribution in [3.8, 4) is 0 Å². The van der Waals surface area contributed by atoms with Gasteiger partial charge in [-0.05, 0) is 48.6 Å². The molecule has 1 heterocycles. The Bertz CT molecular complexity index is 519. The summed E-state index contributed by atoms with van der Waals surface area (Å²) in [5.74, 6) is 0.598. The molecule has 1 atom stereocenters. The van der Waals surface area contributed by atoms with E-state index >= 15 is 0 Å². The zero-order chi connectivity index (χ0) is 11.7. The molecule has 16 heavy (non-hydrogen) atoms. The van der Waals surface area contributed by atoms with E-state index in [0.29, 0.717) is 11.1 Å². The third-order valence-corrected chi connectivity index (χ3v) is 3.53. The molecule has 0 radical (unpaired) electrons. The van der Waals surface area contributed by atoms with Crippen molar-refractivity contribution in [3.63, 3.8) is 0 Å². The first-order chi connectivity index (χ1) is 7.61. The zero-order valence-corrected chi connectivity index (χ0v) is 10.7. The van der Waals surface area contributed by atoms with Gasteiger partial charge < -0.3 is 0 Å². The van der Waals surface area contributed by atoms with Crippen molar-refractivity contribution in [2.24, 2.45) is 0 Å². The van der Waals surface area contributed by atoms with Crippen LogP contribution in [0.15, 0.2) is 24.3 Å². The Morgan fingerprint density at radius 3 is 2.75 bits per heavy atom. The molecule has 0 bridgehead atoms. The molecule has 2 aromatic rings. The summed E-state index contributed by atoms with van der Waals surface area (Å²) in [5, 5.41) is 1.78. The SMILES string of the molecule is CCC(C)c1ccc2nc(Cl)c(C)cc2c1. The molecule has 1 aromatic carbocycles. The average Bonchev–Trinajstić information content (AvgIpc) is 2.29. The van der Waals surface area contributed by atoms with Crippen LogP contribution >= 0.6 is 11.6 Å². The number of pyridine rings is 1. The maximum atomic E-state index is 6.01. The fraction of sp³-hybridized carbons (Fsp3) is 0.357. The summed E-state index contributed by atoms with van der Waals surface area (Å²) >= 11 is 6.01. The van der Waals surface area contributed by atoms with E-state index < -0.39 is 0 Å². The van der Waals surface area contributed by atoms with Crippen molar-refractivity contribution in [3.05, 3.63) is 40.5 Å². The van der Waals surface area contributed by atoms with Crippen LogP contribution in [0.5, 0.6) is 0 Å². The Balaban J connectivity index is 2.57. The number of rotatable bonds is 2. The topological polar surface area (TPSA) is 12.9 Å². The van der Waals surface area contributed by atoms with Crippen molar-refractivity contribution in [1.82, 2.24) is 4.98 Å². The summed E-state index contributed by atoms with van der Waals surface area (Å²) in [7, 11) is 0. The highest BCUT2D eigenvalue weighted by Gasteiger charge is 2.06. The Kier molecular flexibility index (Phi) is 3.15. The van der Waals surface area contributed by atoms with Crippen LogP contribution in [-0.2, 0) is 0 Å². The first-order valence-electron chi connectivity index (χ1n) is 5.68. The second-order valence-electron chi connectivity index (χ2n) is 4.36. The van der Waals surface area contributed by atoms with Gasteiger partial charge in [0.2, 0.25) is 0 Å². The van der Waals surface area contributed by atoms with Crippen LogP contribution in [0.3, 0.4) is 0 Å². The molecule has 84 valence electrons. The number of aryl methyl sites for hydroxylation is 1. The average molecular weight is 234 g/mol. The van der Waals surface area contributed by atoms with Gasteiger partial charge in [-0.25, -0.2) is 4.98 Å². The van der Waals surface area contributed by atoms with Crippen LogP contribution < -0.4 is 0 Å². The van der Waals surface area contributed by atoms with Gasteiger partial charge in [-0.15, -0.1) is 0 Å². The first-order valence-corrected chi connectivity index (χ1v) is 6.06. The van der Waals surface area contributed by atoms with Crippen LogP contribution in [0.2, 0.25) is 5.15 Å². The third-order valence-electron chi connectivity index (χ3n) is 3.15. The molecule has 0 aliphatic heterocycles. The van der Waals surface area contributed by atoms with Gasteiger partial charge in [-0.1, -0.05) is 31.5 Å². The number of hydrogen-bond acceptors (Lipinski definition) is 1. The van der Waals surface area contributed by atoms with Crippen molar-refractivity contribution in [1.29, 1.82) is 0 Å². The molecular formula is C14H16ClN. The summed E-state index contributed by atoms with van der Waals surface area (Å²) in [6, 6.07) is 8.54. The third kappa shape index (κ3) is 2.05. The second kappa shape index (κ2) is 4.42. The summed E-state index contributed by atoms with van der Waals surface area (Å²) in [5.41, 5.74) is 3.39. The number of aromatic nitrogens is 1. The van der Waals surface area contributed by atoms with E-state index in [1.54, 1.807) is 0 Å². The molecule has 0 N–H and O–H groups in total. The number of halogens is 1. The number of fused-ring (bicyclic) bond motifs is 1. The molecule has 0 amide bonds. The smallest absolute Gasteiger partial charge is 0.132 e. The molecule has 0 spiro atoms. The van der Waals surface area contributed by atoms with Gasteiger partial charge in [-0.2, -0.15) is 0 Å². The lowest BCUT2D eigenvalue weighted by molar-refractivity contribution is 0.734. The van der Waals surface area contributed by atoms with E-state index in [9.17, 15) is 0 Å². The van der Waals surface area contributed by atoms with E-state index in [-0.39, 0.29) is 0 Å². The molecule has 2 rings (SSSR count). The van der Waals surface area contributed by atoms with Gasteiger partial charge in [0, 0.05) is 5.39 Å². The summed E-state index contributed by atoms with van der Waals surface area (Å²) in [4.78, 5) is 4.37. The summed E-state index contributed by atoms with van der Waals surface area (Å²) in [6.45, 7) is 6.45. The van der Waals surface area contributed by atoms with Gasteiger partial charge in [0.1, 0.15) is 5.15 Å². The Labute approximate surface area is 101 Å². The van der Waals surface area contributed by atoms with Gasteiger partial charge in [0.15, 0.2) is 0 Å². The largest absolute Gasteiger partial charge is 0.236 e. The van der Waals surface area contributed by atoms with Crippen LogP contribution in [-0.4, -0.2) is 4.98 Å². The number of nitrogens with zero attached hydrogens (tertiary/aromatic N) is 1. The van der Waals surface area contributed by atoms with E-state index in [0.717, 1.165) is 17.5 Å². The van der Waals surface area contributed by atoms with E-state index in [1.807, 2.05) is 6.92 Å². The minimum atomic E-state index is 0.598. The van der Waals surface area contributed by atoms with E-state index in [4.69, 9.17) is 11.6 Å². The molecule has 1 nitrogen and oxygen atoms in total. The molecular weight excluding hydrogens is 218 g/mol. The van der Waals surface area contributed by atoms with Crippen molar-refractivity contribution >= 4 is 22.5 Å². The van der Waals surface area contributed by atoms with Crippen molar-refractivity contribution in [2.45, 2.75) is 33.1 Å². The predicted molar refractivity (Wildman–Crippen MR) is 70.2 cm³/mol. The molecule has 1 unspecified atom stereocenters. The molecule has 2 heteroatoms. The van der Waals surface area contributed by atoms with Crippen molar-refractivity contribution < 1.29 is 0 Å². The highest BCUT2D eigenvalue weighted by molar-refractivity contribution is 6.30. The molecule has 0 aliphatic rings. The van der Waals surface area contributed by atoms with Crippen LogP contribution in [0.25, 0.3) is 10.9 Å². The lowest BCUT2D eigenvalue weighted by atomic mass is 9.97. The number of benzene rings is 1. The minimum absolute atomic E-state index is 0.598. The summed E-state index contributed by atoms with van der Waals surface area (Å²) in [6.07, 6.45) is 1.16. The first kappa shape index (κ1) is 11.4. The van der Waals surface area contributed by atoms with E-state index in [1.165, 1.54) is 10.9 Å². The van der Waals surface area contributed by atoms with Gasteiger partial charge in [0.25, 0.3) is 0 Å². The molecule has 1 aromatic heterocycles. The van der Waals surface area contributed by atoms with Crippen LogP contribution in [0.4, 0.5) is 0 Å². The quantitative estimate of drug-likeness (QED) is 0.685. The van der Waals surface area contributed by atoms with Crippen LogP contribution in [0.1, 0.15) is 37.3 Å². The fourth-order valence-corrected chi connectivity index (χ4v) is 1.96. The van der Waals surface area contributed by atoms with Crippen LogP contribution in [0, 0.1) is 6.92 Å². The Morgan fingerprint density at radius 2 is 2.06 bits per heavy atom. The summed E-state index contributed by atoms with van der Waals surface area (Å²) < 4.78 is 0. The minimum Gasteiger partial charge on any atom is -0.236 e. The predicted octanol–water partition coefficient (Wildman–Crippen LogP) is 4.71. The number of hydrogen-bond donors (Lipinski definition) is 0. The van der Waals surface area contributed by atoms with Gasteiger partial charge >= 0.3 is 0 Å². The molecule has 0 saturated carbocycles. The lowest BCUT2D eigenvalue weighted by Crippen LogP contribution is -1.92. The normalized spacial score (nSPS) is 13.0. The lowest BCUT2D eigenvalue weighted by Gasteiger charge is -2.10. The van der Waals surface area contributed by atoms with Gasteiger partial charge in [-0.3, -0.25) is 0 Å². The maximum absolute atomic E-state index is 6.01. The Morgan fingerprint density at radius 1 is 1.31 bits per heavy atom. The molecule has 0 saturated heterocycles. The second-order valence-corrected chi connectivity index (χ2v) is 4.72. The molecule has 0 fully saturated rings. The zero-order valence-electron chi connectivity index (χ0n) is 9.92. The monoisotopic (exact) mass is 233 g/mol. The highest BCUT2D eigenvalue weighted by Crippen LogP contribution is 2.25. The standard InChI is InChI=1S/C14H16ClN/c1-4-9(2)11-5-6-13-12(8-11)7-10(3)14(15)16-13/h5-9H,4H2,1-3H3. The maximum Gasteiger partial charge on any atom is 0.132 e. The fourth-order valence-electron chi connectivity index (χ4n) is 1.82. The Hall–Kier alpha value is -1.08. The van der Waals surface area contributed by atoms with Crippen molar-refractivity contribution in [2.75, 3.05) is 0 Å². The van der Waals surface area contributed by atoms with E-state index in [2.05, 4.69) is 43.1 Å². The van der Waals surface area contributed by atoms with Gasteiger partial charge in [0.05, 0.1) is 5.52 Å². The highest BCUT2D eigenvalue weighted by atomic mass is 35.5. The molecule has 0 aliphatic carbocycles.